The van der Waals surface area contributed by atoms with E-state index >= 15 is 0 Å². The van der Waals surface area contributed by atoms with Gasteiger partial charge in [-0.15, -0.1) is 0 Å². The fourth-order valence-corrected chi connectivity index (χ4v) is 3.36. The van der Waals surface area contributed by atoms with Gasteiger partial charge in [-0.3, -0.25) is 4.21 Å². The van der Waals surface area contributed by atoms with Gasteiger partial charge in [0, 0.05) is 29.4 Å². The minimum atomic E-state index is -3.83. The molecule has 1 unspecified atom stereocenters. The van der Waals surface area contributed by atoms with Crippen LogP contribution in [0.3, 0.4) is 0 Å². The summed E-state index contributed by atoms with van der Waals surface area (Å²) in [5.41, 5.74) is 5.29. The van der Waals surface area contributed by atoms with E-state index in [4.69, 9.17) is 5.73 Å². The summed E-state index contributed by atoms with van der Waals surface area (Å²) in [6, 6.07) is 2.02. The molecule has 0 saturated carbocycles. The number of benzene rings is 1. The summed E-state index contributed by atoms with van der Waals surface area (Å²) in [4.78, 5) is -0.210. The SMILES string of the molecule is CS(=O)CCNS(=O)(=O)c1cc(Br)c(F)cc1N. The molecule has 1 aromatic carbocycles. The maximum absolute atomic E-state index is 13.1. The van der Waals surface area contributed by atoms with Crippen LogP contribution in [0.4, 0.5) is 10.1 Å². The highest BCUT2D eigenvalue weighted by molar-refractivity contribution is 9.10. The van der Waals surface area contributed by atoms with Gasteiger partial charge in [-0.1, -0.05) is 0 Å². The number of hydrogen-bond acceptors (Lipinski definition) is 4. The molecule has 0 bridgehead atoms. The van der Waals surface area contributed by atoms with Crippen LogP contribution in [-0.2, 0) is 20.8 Å². The van der Waals surface area contributed by atoms with E-state index in [-0.39, 0.29) is 27.4 Å². The van der Waals surface area contributed by atoms with Crippen LogP contribution in [0.2, 0.25) is 0 Å². The monoisotopic (exact) mass is 358 g/mol. The predicted molar refractivity (Wildman–Crippen MR) is 72.6 cm³/mol. The van der Waals surface area contributed by atoms with E-state index < -0.39 is 26.6 Å². The van der Waals surface area contributed by atoms with E-state index in [0.29, 0.717) is 0 Å². The van der Waals surface area contributed by atoms with Gasteiger partial charge in [-0.2, -0.15) is 0 Å². The summed E-state index contributed by atoms with van der Waals surface area (Å²) in [5, 5.41) is 0. The predicted octanol–water partition coefficient (Wildman–Crippen LogP) is 0.827. The van der Waals surface area contributed by atoms with Crippen LogP contribution in [0.25, 0.3) is 0 Å². The molecule has 1 rings (SSSR count). The topological polar surface area (TPSA) is 89.3 Å². The molecular weight excluding hydrogens is 347 g/mol. The zero-order valence-corrected chi connectivity index (χ0v) is 12.7. The summed E-state index contributed by atoms with van der Waals surface area (Å²) in [5.74, 6) is -0.442. The molecule has 0 aromatic heterocycles. The van der Waals surface area contributed by atoms with Crippen molar-refractivity contribution >= 4 is 42.4 Å². The smallest absolute Gasteiger partial charge is 0.242 e. The number of nitrogens with one attached hydrogen (secondary N) is 1. The molecule has 0 heterocycles. The normalized spacial score (nSPS) is 13.5. The van der Waals surface area contributed by atoms with Crippen LogP contribution in [0.1, 0.15) is 0 Å². The van der Waals surface area contributed by atoms with E-state index in [1.165, 1.54) is 6.26 Å². The molecule has 5 nitrogen and oxygen atoms in total. The highest BCUT2D eigenvalue weighted by Gasteiger charge is 2.19. The lowest BCUT2D eigenvalue weighted by Gasteiger charge is -2.09. The number of halogens is 2. The molecule has 9 heteroatoms. The third-order valence-electron chi connectivity index (χ3n) is 2.02. The van der Waals surface area contributed by atoms with Gasteiger partial charge >= 0.3 is 0 Å². The number of nitrogen functional groups attached to an aromatic ring is 1. The van der Waals surface area contributed by atoms with Gasteiger partial charge in [0.25, 0.3) is 0 Å². The maximum atomic E-state index is 13.1. The van der Waals surface area contributed by atoms with Crippen LogP contribution < -0.4 is 10.5 Å². The van der Waals surface area contributed by atoms with E-state index in [1.54, 1.807) is 0 Å². The van der Waals surface area contributed by atoms with Crippen LogP contribution in [0.15, 0.2) is 21.5 Å². The van der Waals surface area contributed by atoms with Gasteiger partial charge in [-0.25, -0.2) is 17.5 Å². The molecular formula is C9H12BrFN2O3S2. The van der Waals surface area contributed by atoms with Gasteiger partial charge in [0.2, 0.25) is 10.0 Å². The van der Waals surface area contributed by atoms with Crippen molar-refractivity contribution in [3.63, 3.8) is 0 Å². The molecule has 0 spiro atoms. The van der Waals surface area contributed by atoms with Crippen LogP contribution in [0, 0.1) is 5.82 Å². The molecule has 18 heavy (non-hydrogen) atoms. The van der Waals surface area contributed by atoms with Gasteiger partial charge in [0.05, 0.1) is 10.2 Å². The third-order valence-corrected chi connectivity index (χ3v) is 4.93. The molecule has 3 N–H and O–H groups in total. The quantitative estimate of drug-likeness (QED) is 0.762. The Labute approximate surface area is 116 Å². The lowest BCUT2D eigenvalue weighted by molar-refractivity contribution is 0.583. The molecule has 0 aliphatic carbocycles. The Morgan fingerprint density at radius 3 is 2.67 bits per heavy atom. The van der Waals surface area contributed by atoms with Crippen molar-refractivity contribution in [3.05, 3.63) is 22.4 Å². The number of hydrogen-bond donors (Lipinski definition) is 2. The highest BCUT2D eigenvalue weighted by Crippen LogP contribution is 2.25. The Balaban J connectivity index is 2.98. The standard InChI is InChI=1S/C9H12BrFN2O3S2/c1-17(14)3-2-13-18(15,16)9-4-6(10)7(11)5-8(9)12/h4-5,13H,2-3,12H2,1H3. The lowest BCUT2D eigenvalue weighted by atomic mass is 10.3. The summed E-state index contributed by atoms with van der Waals surface area (Å²) in [6.45, 7) is 0.0277. The number of sulfonamides is 1. The Hall–Kier alpha value is -0.510. The molecule has 1 aromatic rings. The first-order chi connectivity index (χ1) is 8.24. The average molecular weight is 359 g/mol. The largest absolute Gasteiger partial charge is 0.398 e. The number of rotatable bonds is 5. The Morgan fingerprint density at radius 2 is 2.11 bits per heavy atom. The Morgan fingerprint density at radius 1 is 1.50 bits per heavy atom. The van der Waals surface area contributed by atoms with E-state index in [2.05, 4.69) is 20.7 Å². The molecule has 0 radical (unpaired) electrons. The molecule has 0 saturated heterocycles. The first kappa shape index (κ1) is 15.5. The van der Waals surface area contributed by atoms with Gasteiger partial charge < -0.3 is 5.73 Å². The average Bonchev–Trinajstić information content (AvgIpc) is 2.22. The number of anilines is 1. The van der Waals surface area contributed by atoms with Crippen molar-refractivity contribution in [1.29, 1.82) is 0 Å². The minimum Gasteiger partial charge on any atom is -0.398 e. The second-order valence-electron chi connectivity index (χ2n) is 3.48. The van der Waals surface area contributed by atoms with E-state index in [9.17, 15) is 17.0 Å². The van der Waals surface area contributed by atoms with Crippen molar-refractivity contribution < 1.29 is 17.0 Å². The fraction of sp³-hybridized carbons (Fsp3) is 0.333. The molecule has 102 valence electrons. The molecule has 0 amide bonds. The van der Waals surface area contributed by atoms with Crippen LogP contribution in [-0.4, -0.2) is 31.2 Å². The zero-order valence-electron chi connectivity index (χ0n) is 9.44. The summed E-state index contributed by atoms with van der Waals surface area (Å²) < 4.78 is 49.9. The van der Waals surface area contributed by atoms with Crippen molar-refractivity contribution in [1.82, 2.24) is 4.72 Å². The van der Waals surface area contributed by atoms with Crippen molar-refractivity contribution in [2.24, 2.45) is 0 Å². The highest BCUT2D eigenvalue weighted by atomic mass is 79.9. The first-order valence-corrected chi connectivity index (χ1v) is 8.78. The first-order valence-electron chi connectivity index (χ1n) is 4.78. The third kappa shape index (κ3) is 4.01. The van der Waals surface area contributed by atoms with Crippen LogP contribution >= 0.6 is 15.9 Å². The minimum absolute atomic E-state index is 0.0103. The summed E-state index contributed by atoms with van der Waals surface area (Å²) in [7, 11) is -4.93. The molecule has 0 aliphatic rings. The second-order valence-corrected chi connectivity index (χ2v) is 7.62. The van der Waals surface area contributed by atoms with Gasteiger partial charge in [-0.05, 0) is 28.1 Å². The zero-order chi connectivity index (χ0) is 13.9. The molecule has 0 aliphatic heterocycles. The summed E-state index contributed by atoms with van der Waals surface area (Å²) >= 11 is 2.89. The van der Waals surface area contributed by atoms with Crippen molar-refractivity contribution in [2.75, 3.05) is 24.3 Å². The van der Waals surface area contributed by atoms with E-state index in [0.717, 1.165) is 12.1 Å². The van der Waals surface area contributed by atoms with Gasteiger partial charge in [0.1, 0.15) is 10.7 Å². The fourth-order valence-electron chi connectivity index (χ4n) is 1.17. The van der Waals surface area contributed by atoms with E-state index in [1.807, 2.05) is 0 Å². The van der Waals surface area contributed by atoms with Crippen LogP contribution in [0.5, 0.6) is 0 Å². The molecule has 1 atom stereocenters. The maximum Gasteiger partial charge on any atom is 0.242 e. The second kappa shape index (κ2) is 6.09. The number of nitrogens with two attached hydrogens (primary N) is 1. The Bertz CT molecular complexity index is 577. The summed E-state index contributed by atoms with van der Waals surface area (Å²) in [6.07, 6.45) is 1.47. The van der Waals surface area contributed by atoms with Crippen molar-refractivity contribution in [2.45, 2.75) is 4.90 Å². The lowest BCUT2D eigenvalue weighted by Crippen LogP contribution is -2.28. The molecule has 0 fully saturated rings. The van der Waals surface area contributed by atoms with Gasteiger partial charge in [0.15, 0.2) is 0 Å². The Kier molecular flexibility index (Phi) is 5.26. The van der Waals surface area contributed by atoms with Crippen molar-refractivity contribution in [3.8, 4) is 0 Å².